The number of aliphatic hydroxyl groups excluding tert-OH is 1. The van der Waals surface area contributed by atoms with Gasteiger partial charge in [-0.15, -0.1) is 0 Å². The molecule has 1 amide bonds. The van der Waals surface area contributed by atoms with Gasteiger partial charge in [-0.05, 0) is 23.8 Å². The van der Waals surface area contributed by atoms with Gasteiger partial charge in [-0.2, -0.15) is 0 Å². The number of carbonyl (C=O) groups is 1. The van der Waals surface area contributed by atoms with Crippen molar-refractivity contribution in [2.75, 3.05) is 6.61 Å². The summed E-state index contributed by atoms with van der Waals surface area (Å²) in [6, 6.07) is 6.51. The number of rotatable bonds is 4. The Bertz CT molecular complexity index is 348. The number of hydrogen-bond acceptors (Lipinski definition) is 2. The zero-order valence-electron chi connectivity index (χ0n) is 8.11. The average molecular weight is 226 g/mol. The molecule has 1 aromatic rings. The van der Waals surface area contributed by atoms with E-state index in [0.717, 1.165) is 5.56 Å². The molecule has 15 heavy (non-hydrogen) atoms. The summed E-state index contributed by atoms with van der Waals surface area (Å²) in [5.41, 5.74) is 0.803. The highest BCUT2D eigenvalue weighted by molar-refractivity contribution is 6.30. The van der Waals surface area contributed by atoms with E-state index < -0.39 is 6.04 Å². The Morgan fingerprint density at radius 2 is 2.13 bits per heavy atom. The Hall–Kier alpha value is -1.32. The molecule has 0 fully saturated rings. The van der Waals surface area contributed by atoms with Gasteiger partial charge in [-0.25, -0.2) is 0 Å². The molecule has 0 aliphatic carbocycles. The van der Waals surface area contributed by atoms with Gasteiger partial charge >= 0.3 is 0 Å². The molecule has 80 valence electrons. The summed E-state index contributed by atoms with van der Waals surface area (Å²) >= 11 is 5.73. The van der Waals surface area contributed by atoms with E-state index in [0.29, 0.717) is 5.02 Å². The number of benzene rings is 1. The molecule has 0 heterocycles. The van der Waals surface area contributed by atoms with Crippen LogP contribution < -0.4 is 5.32 Å². The maximum absolute atomic E-state index is 11.1. The van der Waals surface area contributed by atoms with Gasteiger partial charge in [-0.1, -0.05) is 30.3 Å². The standard InChI is InChI=1S/C11H12ClNO2/c1-2-11(15)13-10(7-14)8-3-5-9(12)6-4-8/h2-6,10,14H,1,7H2,(H,13,15)/t10-/m1/s1. The van der Waals surface area contributed by atoms with E-state index in [1.165, 1.54) is 6.08 Å². The molecule has 1 atom stereocenters. The number of hydrogen-bond donors (Lipinski definition) is 2. The Balaban J connectivity index is 2.78. The van der Waals surface area contributed by atoms with Crippen LogP contribution in [0, 0.1) is 0 Å². The molecule has 0 saturated carbocycles. The molecule has 0 spiro atoms. The topological polar surface area (TPSA) is 49.3 Å². The van der Waals surface area contributed by atoms with Crippen molar-refractivity contribution in [2.24, 2.45) is 0 Å². The van der Waals surface area contributed by atoms with Gasteiger partial charge in [0.15, 0.2) is 0 Å². The quantitative estimate of drug-likeness (QED) is 0.766. The van der Waals surface area contributed by atoms with Crippen molar-refractivity contribution in [3.63, 3.8) is 0 Å². The predicted octanol–water partition coefficient (Wildman–Crippen LogP) is 1.68. The predicted molar refractivity (Wildman–Crippen MR) is 59.6 cm³/mol. The first-order valence-corrected chi connectivity index (χ1v) is 4.84. The van der Waals surface area contributed by atoms with Crippen molar-refractivity contribution >= 4 is 17.5 Å². The molecule has 0 unspecified atom stereocenters. The summed E-state index contributed by atoms with van der Waals surface area (Å²) in [5.74, 6) is -0.316. The second-order valence-corrected chi connectivity index (χ2v) is 3.44. The van der Waals surface area contributed by atoms with Crippen LogP contribution in [0.25, 0.3) is 0 Å². The monoisotopic (exact) mass is 225 g/mol. The average Bonchev–Trinajstić information content (AvgIpc) is 2.27. The minimum atomic E-state index is -0.423. The van der Waals surface area contributed by atoms with Crippen LogP contribution in [0.5, 0.6) is 0 Å². The molecule has 0 radical (unpaired) electrons. The van der Waals surface area contributed by atoms with Gasteiger partial charge in [0.2, 0.25) is 5.91 Å². The minimum Gasteiger partial charge on any atom is -0.394 e. The molecule has 0 saturated heterocycles. The van der Waals surface area contributed by atoms with E-state index in [1.807, 2.05) is 0 Å². The number of halogens is 1. The second-order valence-electron chi connectivity index (χ2n) is 3.00. The number of amides is 1. The Morgan fingerprint density at radius 3 is 2.60 bits per heavy atom. The lowest BCUT2D eigenvalue weighted by atomic mass is 10.1. The van der Waals surface area contributed by atoms with Gasteiger partial charge in [0, 0.05) is 5.02 Å². The van der Waals surface area contributed by atoms with Crippen molar-refractivity contribution in [1.82, 2.24) is 5.32 Å². The Kier molecular flexibility index (Phi) is 4.34. The molecule has 0 aromatic heterocycles. The molecule has 3 nitrogen and oxygen atoms in total. The lowest BCUT2D eigenvalue weighted by Crippen LogP contribution is -2.29. The normalized spacial score (nSPS) is 11.9. The zero-order chi connectivity index (χ0) is 11.3. The molecule has 1 aromatic carbocycles. The maximum Gasteiger partial charge on any atom is 0.243 e. The number of aliphatic hydroxyl groups is 1. The lowest BCUT2D eigenvalue weighted by Gasteiger charge is -2.15. The van der Waals surface area contributed by atoms with Crippen molar-refractivity contribution < 1.29 is 9.90 Å². The fourth-order valence-corrected chi connectivity index (χ4v) is 1.29. The molecule has 4 heteroatoms. The Labute approximate surface area is 93.4 Å². The third-order valence-electron chi connectivity index (χ3n) is 1.96. The van der Waals surface area contributed by atoms with Gasteiger partial charge in [0.1, 0.15) is 0 Å². The first-order valence-electron chi connectivity index (χ1n) is 4.46. The largest absolute Gasteiger partial charge is 0.394 e. The third-order valence-corrected chi connectivity index (χ3v) is 2.21. The minimum absolute atomic E-state index is 0.165. The van der Waals surface area contributed by atoms with Crippen molar-refractivity contribution in [3.05, 3.63) is 47.5 Å². The van der Waals surface area contributed by atoms with Gasteiger partial charge < -0.3 is 10.4 Å². The third kappa shape index (κ3) is 3.38. The maximum atomic E-state index is 11.1. The molecule has 2 N–H and O–H groups in total. The molecular weight excluding hydrogens is 214 g/mol. The summed E-state index contributed by atoms with van der Waals surface area (Å²) < 4.78 is 0. The zero-order valence-corrected chi connectivity index (χ0v) is 8.87. The SMILES string of the molecule is C=CC(=O)N[C@H](CO)c1ccc(Cl)cc1. The van der Waals surface area contributed by atoms with Crippen LogP contribution in [0.4, 0.5) is 0 Å². The Morgan fingerprint density at radius 1 is 1.53 bits per heavy atom. The first-order chi connectivity index (χ1) is 7.17. The highest BCUT2D eigenvalue weighted by Crippen LogP contribution is 2.16. The number of nitrogens with one attached hydrogen (secondary N) is 1. The van der Waals surface area contributed by atoms with Gasteiger partial charge in [0.25, 0.3) is 0 Å². The van der Waals surface area contributed by atoms with E-state index in [-0.39, 0.29) is 12.5 Å². The summed E-state index contributed by atoms with van der Waals surface area (Å²) in [7, 11) is 0. The van der Waals surface area contributed by atoms with Crippen LogP contribution in [-0.2, 0) is 4.79 Å². The van der Waals surface area contributed by atoms with Crippen molar-refractivity contribution in [2.45, 2.75) is 6.04 Å². The number of carbonyl (C=O) groups excluding carboxylic acids is 1. The van der Waals surface area contributed by atoms with Crippen molar-refractivity contribution in [1.29, 1.82) is 0 Å². The molecular formula is C11H12ClNO2. The van der Waals surface area contributed by atoms with Gasteiger partial charge in [0.05, 0.1) is 12.6 Å². The second kappa shape index (κ2) is 5.53. The van der Waals surface area contributed by atoms with E-state index >= 15 is 0 Å². The summed E-state index contributed by atoms with van der Waals surface area (Å²) in [4.78, 5) is 11.1. The smallest absolute Gasteiger partial charge is 0.243 e. The van der Waals surface area contributed by atoms with Gasteiger partial charge in [-0.3, -0.25) is 4.79 Å². The summed E-state index contributed by atoms with van der Waals surface area (Å²) in [6.07, 6.45) is 1.17. The highest BCUT2D eigenvalue weighted by Gasteiger charge is 2.11. The highest BCUT2D eigenvalue weighted by atomic mass is 35.5. The van der Waals surface area contributed by atoms with Crippen LogP contribution in [0.15, 0.2) is 36.9 Å². The first kappa shape index (κ1) is 11.8. The fraction of sp³-hybridized carbons (Fsp3) is 0.182. The van der Waals surface area contributed by atoms with E-state index in [4.69, 9.17) is 16.7 Å². The molecule has 0 bridgehead atoms. The molecule has 0 aliphatic rings. The van der Waals surface area contributed by atoms with Crippen molar-refractivity contribution in [3.8, 4) is 0 Å². The fourth-order valence-electron chi connectivity index (χ4n) is 1.16. The summed E-state index contributed by atoms with van der Waals surface area (Å²) in [6.45, 7) is 3.18. The van der Waals surface area contributed by atoms with Crippen LogP contribution in [-0.4, -0.2) is 17.6 Å². The lowest BCUT2D eigenvalue weighted by molar-refractivity contribution is -0.117. The van der Waals surface area contributed by atoms with E-state index in [1.54, 1.807) is 24.3 Å². The molecule has 1 rings (SSSR count). The van der Waals surface area contributed by atoms with E-state index in [2.05, 4.69) is 11.9 Å². The van der Waals surface area contributed by atoms with Crippen LogP contribution in [0.3, 0.4) is 0 Å². The van der Waals surface area contributed by atoms with Crippen LogP contribution in [0.1, 0.15) is 11.6 Å². The van der Waals surface area contributed by atoms with Crippen LogP contribution >= 0.6 is 11.6 Å². The summed E-state index contributed by atoms with van der Waals surface area (Å²) in [5, 5.41) is 12.3. The van der Waals surface area contributed by atoms with Crippen LogP contribution in [0.2, 0.25) is 5.02 Å². The molecule has 0 aliphatic heterocycles. The van der Waals surface area contributed by atoms with E-state index in [9.17, 15) is 4.79 Å².